The lowest BCUT2D eigenvalue weighted by Crippen LogP contribution is -2.63. The number of nitrogens with one attached hydrogen (secondary N) is 3. The number of aliphatic imine (C=N–C) groups is 1. The third-order valence-corrected chi connectivity index (χ3v) is 22.5. The van der Waals surface area contributed by atoms with E-state index < -0.39 is 37.8 Å². The quantitative estimate of drug-likeness (QED) is 0.0142. The van der Waals surface area contributed by atoms with Gasteiger partial charge in [-0.2, -0.15) is 0 Å². The molecule has 4 aliphatic heterocycles. The van der Waals surface area contributed by atoms with E-state index in [4.69, 9.17) is 47.1 Å². The van der Waals surface area contributed by atoms with Crippen LogP contribution in [0.25, 0.3) is 10.6 Å². The SMILES string of the molecule is Cc1sc2c(c1C)C(c1ccc(Cl)cc1)=N[C@@H](CC(=O)NCCCCOCCOCCNC(=O)C1(F)C[N+](=C3C=CC4=C(c5cc(C(=O)NCCOCCOCCCCCCCl)ccc5C(=O)O)c5ccc(N6CC(F)C6)cc5[Si](C)(C)C4=C3)C1)c1nnc(C)n1-2. The summed E-state index contributed by atoms with van der Waals surface area (Å²) in [5, 5.41) is 31.8. The molecule has 2 fully saturated rings. The molecule has 18 nitrogen and oxygen atoms in total. The van der Waals surface area contributed by atoms with Crippen LogP contribution in [0.2, 0.25) is 18.1 Å². The van der Waals surface area contributed by atoms with Crippen LogP contribution in [-0.4, -0.2) is 184 Å². The van der Waals surface area contributed by atoms with Gasteiger partial charge in [-0.3, -0.25) is 23.9 Å². The summed E-state index contributed by atoms with van der Waals surface area (Å²) in [7, 11) is -2.66. The first-order chi connectivity index (χ1) is 43.9. The van der Waals surface area contributed by atoms with Gasteiger partial charge in [-0.15, -0.1) is 33.1 Å². The molecular formula is C67H80Cl2F2N9O9SSi+. The van der Waals surface area contributed by atoms with Gasteiger partial charge >= 0.3 is 11.6 Å². The summed E-state index contributed by atoms with van der Waals surface area (Å²) < 4.78 is 57.2. The Morgan fingerprint density at radius 1 is 0.791 bits per heavy atom. The molecule has 5 aromatic rings. The number of carbonyl (C=O) groups excluding carboxylic acids is 3. The lowest BCUT2D eigenvalue weighted by atomic mass is 9.86. The topological polar surface area (TPSA) is 211 Å². The Bertz CT molecular complexity index is 3680. The van der Waals surface area contributed by atoms with Gasteiger partial charge in [0.05, 0.1) is 70.4 Å². The molecular weight excluding hydrogens is 1240 g/mol. The van der Waals surface area contributed by atoms with E-state index in [1.807, 2.05) is 75.6 Å². The first-order valence-electron chi connectivity index (χ1n) is 31.3. The zero-order chi connectivity index (χ0) is 64.4. The summed E-state index contributed by atoms with van der Waals surface area (Å²) in [4.78, 5) is 61.8. The molecule has 2 saturated heterocycles. The Morgan fingerprint density at radius 3 is 2.16 bits per heavy atom. The zero-order valence-electron chi connectivity index (χ0n) is 52.2. The van der Waals surface area contributed by atoms with E-state index in [0.717, 1.165) is 91.0 Å². The maximum Gasteiger partial charge on any atom is 0.336 e. The molecule has 4 N–H and O–H groups in total. The summed E-state index contributed by atoms with van der Waals surface area (Å²) in [6.07, 6.45) is 10.5. The third kappa shape index (κ3) is 15.5. The number of benzene rings is 3. The predicted molar refractivity (Wildman–Crippen MR) is 354 cm³/mol. The Labute approximate surface area is 544 Å². The van der Waals surface area contributed by atoms with Crippen molar-refractivity contribution in [3.05, 3.63) is 150 Å². The molecule has 3 aromatic carbocycles. The Kier molecular flexibility index (Phi) is 22.4. The van der Waals surface area contributed by atoms with E-state index in [1.165, 1.54) is 12.1 Å². The van der Waals surface area contributed by atoms with Crippen molar-refractivity contribution in [1.82, 2.24) is 30.7 Å². The monoisotopic (exact) mass is 1320 g/mol. The molecule has 10 rings (SSSR count). The van der Waals surface area contributed by atoms with E-state index in [2.05, 4.69) is 59.2 Å². The minimum atomic E-state index is -2.66. The molecule has 1 atom stereocenters. The molecule has 5 aliphatic rings. The molecule has 0 bridgehead atoms. The van der Waals surface area contributed by atoms with E-state index in [1.54, 1.807) is 17.4 Å². The number of carboxylic acid groups (broad SMARTS) is 1. The number of carbonyl (C=O) groups is 4. The van der Waals surface area contributed by atoms with Gasteiger partial charge in [0.1, 0.15) is 31.1 Å². The molecule has 0 spiro atoms. The summed E-state index contributed by atoms with van der Waals surface area (Å²) in [6, 6.07) is 17.6. The van der Waals surface area contributed by atoms with Crippen LogP contribution < -0.4 is 26.0 Å². The van der Waals surface area contributed by atoms with Crippen molar-refractivity contribution in [2.24, 2.45) is 4.99 Å². The van der Waals surface area contributed by atoms with E-state index in [-0.39, 0.29) is 88.5 Å². The molecule has 0 saturated carbocycles. The van der Waals surface area contributed by atoms with Crippen LogP contribution in [0.4, 0.5) is 14.5 Å². The molecule has 0 unspecified atom stereocenters. The van der Waals surface area contributed by atoms with Crippen LogP contribution in [-0.2, 0) is 28.5 Å². The minimum Gasteiger partial charge on any atom is -0.478 e. The third-order valence-electron chi connectivity index (χ3n) is 17.3. The number of fused-ring (bicyclic) bond motifs is 5. The van der Waals surface area contributed by atoms with E-state index in [9.17, 15) is 28.7 Å². The highest BCUT2D eigenvalue weighted by Gasteiger charge is 2.57. The number of hydrogen-bond donors (Lipinski definition) is 4. The highest BCUT2D eigenvalue weighted by Crippen LogP contribution is 2.44. The number of allylic oxidation sites excluding steroid dienone is 5. The van der Waals surface area contributed by atoms with Crippen LogP contribution in [0.3, 0.4) is 0 Å². The smallest absolute Gasteiger partial charge is 0.336 e. The standard InChI is InChI=1S/C67H79Cl2F2N9O9SSi/c1-42-43(2)90-64-59(42)61(45-12-15-47(69)16-13-45)75-55(62-77-76-44(3)80(62)64)37-58(81)72-23-9-11-27-87-31-33-89-29-25-74-66(85)67(71)40-79(41-67)50-18-21-53-57(36-50)91(4,5)56-35-49(78-38-48(70)39-78)17-20-52(56)60(53)54-34-46(14-19-51(54)65(83)84)63(82)73-24-28-88-32-30-86-26-10-7-6-8-22-68/h12-21,34-36,48,55H,6-11,22-33,37-41H2,1-5H3,(H3-,72,73,74,81,82,83,84,85)/p+1/t55-/m0/s1. The second kappa shape index (κ2) is 30.3. The fraction of sp³-hybridized carbons (Fsp3) is 0.463. The second-order valence-electron chi connectivity index (χ2n) is 24.1. The Morgan fingerprint density at radius 2 is 1.47 bits per heavy atom. The number of aryl methyl sites for hydroxylation is 2. The molecule has 0 radical (unpaired) electrons. The average molecular weight is 1320 g/mol. The van der Waals surface area contributed by atoms with Crippen LogP contribution in [0.5, 0.6) is 0 Å². The van der Waals surface area contributed by atoms with Crippen LogP contribution in [0.15, 0.2) is 94.7 Å². The fourth-order valence-corrected chi connectivity index (χ4v) is 16.7. The average Bonchev–Trinajstić information content (AvgIpc) is 1.11. The van der Waals surface area contributed by atoms with Crippen molar-refractivity contribution in [3.63, 3.8) is 0 Å². The number of ether oxygens (including phenoxy) is 4. The van der Waals surface area contributed by atoms with Crippen molar-refractivity contribution >= 4 is 94.2 Å². The number of rotatable bonds is 31. The summed E-state index contributed by atoms with van der Waals surface area (Å²) in [6.45, 7) is 14.4. The highest BCUT2D eigenvalue weighted by molar-refractivity contribution is 7.15. The number of aromatic carboxylic acids is 1. The van der Waals surface area contributed by atoms with Gasteiger partial charge in [0.25, 0.3) is 11.8 Å². The molecule has 24 heteroatoms. The number of alkyl halides is 3. The first kappa shape index (κ1) is 67.1. The Balaban J connectivity index is 0.691. The van der Waals surface area contributed by atoms with E-state index in [0.29, 0.717) is 86.0 Å². The fourth-order valence-electron chi connectivity index (χ4n) is 12.1. The summed E-state index contributed by atoms with van der Waals surface area (Å²) in [5.74, 6) is -0.421. The highest BCUT2D eigenvalue weighted by atomic mass is 35.5. The van der Waals surface area contributed by atoms with Crippen molar-refractivity contribution in [3.8, 4) is 5.00 Å². The number of thiophene rings is 1. The van der Waals surface area contributed by atoms with Gasteiger partial charge in [-0.25, -0.2) is 18.2 Å². The minimum absolute atomic E-state index is 0.0137. The largest absolute Gasteiger partial charge is 0.478 e. The molecule has 6 heterocycles. The summed E-state index contributed by atoms with van der Waals surface area (Å²) >= 11 is 13.7. The maximum absolute atomic E-state index is 16.3. The number of nitrogens with zero attached hydrogens (tertiary/aromatic N) is 6. The van der Waals surface area contributed by atoms with Gasteiger partial charge in [0.2, 0.25) is 5.91 Å². The molecule has 1 aliphatic carbocycles. The predicted octanol–water partition coefficient (Wildman–Crippen LogP) is 9.30. The lowest BCUT2D eigenvalue weighted by molar-refractivity contribution is -0.612. The van der Waals surface area contributed by atoms with Gasteiger partial charge in [-0.1, -0.05) is 55.7 Å². The number of hydrogen-bond acceptors (Lipinski definition) is 13. The maximum atomic E-state index is 16.3. The number of aromatic nitrogens is 3. The van der Waals surface area contributed by atoms with Crippen LogP contribution >= 0.6 is 34.5 Å². The first-order valence-corrected chi connectivity index (χ1v) is 36.0. The summed E-state index contributed by atoms with van der Waals surface area (Å²) in [5.41, 5.74) is 6.15. The van der Waals surface area contributed by atoms with Crippen LogP contribution in [0.1, 0.15) is 116 Å². The lowest BCUT2D eigenvalue weighted by Gasteiger charge is -2.41. The van der Waals surface area contributed by atoms with Crippen molar-refractivity contribution < 1.29 is 56.6 Å². The molecule has 3 amide bonds. The number of carboxylic acids is 1. The number of amides is 3. The van der Waals surface area contributed by atoms with Crippen molar-refractivity contribution in [1.29, 1.82) is 0 Å². The van der Waals surface area contributed by atoms with Crippen LogP contribution in [0, 0.1) is 20.8 Å². The molecule has 2 aromatic heterocycles. The van der Waals surface area contributed by atoms with Crippen molar-refractivity contribution in [2.75, 3.05) is 109 Å². The normalized spacial score (nSPS) is 18.1. The number of anilines is 1. The number of unbranched alkanes of at least 4 members (excludes halogenated alkanes) is 4. The number of halogens is 4. The molecule has 91 heavy (non-hydrogen) atoms. The van der Waals surface area contributed by atoms with Gasteiger partial charge in [0, 0.05) is 83.2 Å². The molecule has 484 valence electrons. The second-order valence-corrected chi connectivity index (χ2v) is 30.4. The Hall–Kier alpha value is -6.76. The van der Waals surface area contributed by atoms with Gasteiger partial charge in [0.15, 0.2) is 24.6 Å². The zero-order valence-corrected chi connectivity index (χ0v) is 55.6. The van der Waals surface area contributed by atoms with Gasteiger partial charge in [-0.05, 0) is 133 Å². The van der Waals surface area contributed by atoms with E-state index >= 15 is 4.39 Å². The van der Waals surface area contributed by atoms with Gasteiger partial charge < -0.3 is 44.9 Å². The van der Waals surface area contributed by atoms with Crippen molar-refractivity contribution in [2.45, 2.75) is 96.7 Å².